The van der Waals surface area contributed by atoms with Gasteiger partial charge in [-0.1, -0.05) is 19.3 Å². The predicted octanol–water partition coefficient (Wildman–Crippen LogP) is 2.34. The lowest BCUT2D eigenvalue weighted by Gasteiger charge is -2.24. The molecule has 0 atom stereocenters. The van der Waals surface area contributed by atoms with Gasteiger partial charge in [0.1, 0.15) is 0 Å². The lowest BCUT2D eigenvalue weighted by atomic mass is 9.95. The second kappa shape index (κ2) is 11.3. The molecule has 1 aliphatic heterocycles. The van der Waals surface area contributed by atoms with Crippen LogP contribution in [0.3, 0.4) is 0 Å². The lowest BCUT2D eigenvalue weighted by molar-refractivity contribution is -0.121. The van der Waals surface area contributed by atoms with E-state index < -0.39 is 0 Å². The van der Waals surface area contributed by atoms with Crippen LogP contribution in [-0.4, -0.2) is 67.0 Å². The SMILES string of the molecule is CCN(CCCN1CCCC1)C(=O)NCCC(=O)NC1CCCCC1. The zero-order valence-corrected chi connectivity index (χ0v) is 15.9. The van der Waals surface area contributed by atoms with E-state index >= 15 is 0 Å². The highest BCUT2D eigenvalue weighted by Gasteiger charge is 2.17. The molecule has 144 valence electrons. The van der Waals surface area contributed by atoms with Gasteiger partial charge in [0.05, 0.1) is 0 Å². The Kier molecular flexibility index (Phi) is 9.08. The summed E-state index contributed by atoms with van der Waals surface area (Å²) in [6.45, 7) is 7.40. The maximum Gasteiger partial charge on any atom is 0.317 e. The number of likely N-dealkylation sites (tertiary alicyclic amines) is 1. The minimum atomic E-state index is -0.0469. The van der Waals surface area contributed by atoms with Gasteiger partial charge in [-0.05, 0) is 58.7 Å². The summed E-state index contributed by atoms with van der Waals surface area (Å²) in [5.41, 5.74) is 0. The summed E-state index contributed by atoms with van der Waals surface area (Å²) in [6, 6.07) is 0.295. The van der Waals surface area contributed by atoms with Crippen molar-refractivity contribution in [2.75, 3.05) is 39.3 Å². The van der Waals surface area contributed by atoms with Gasteiger partial charge in [-0.2, -0.15) is 0 Å². The molecule has 0 spiro atoms. The molecule has 0 bridgehead atoms. The molecule has 1 aliphatic carbocycles. The highest BCUT2D eigenvalue weighted by molar-refractivity contribution is 5.78. The number of hydrogen-bond acceptors (Lipinski definition) is 3. The molecule has 2 fully saturated rings. The first-order valence-electron chi connectivity index (χ1n) is 10.2. The third-order valence-electron chi connectivity index (χ3n) is 5.37. The molecule has 6 nitrogen and oxygen atoms in total. The van der Waals surface area contributed by atoms with Crippen molar-refractivity contribution in [2.24, 2.45) is 0 Å². The molecule has 2 rings (SSSR count). The van der Waals surface area contributed by atoms with Crippen molar-refractivity contribution < 1.29 is 9.59 Å². The maximum absolute atomic E-state index is 12.2. The summed E-state index contributed by atoms with van der Waals surface area (Å²) < 4.78 is 0. The van der Waals surface area contributed by atoms with E-state index in [1.54, 1.807) is 0 Å². The molecule has 0 aromatic rings. The van der Waals surface area contributed by atoms with Gasteiger partial charge in [-0.25, -0.2) is 4.79 Å². The molecule has 2 N–H and O–H groups in total. The van der Waals surface area contributed by atoms with Crippen molar-refractivity contribution in [1.29, 1.82) is 0 Å². The topological polar surface area (TPSA) is 64.7 Å². The van der Waals surface area contributed by atoms with Crippen LogP contribution in [0.15, 0.2) is 0 Å². The molecular weight excluding hydrogens is 316 g/mol. The highest BCUT2D eigenvalue weighted by Crippen LogP contribution is 2.17. The Morgan fingerprint density at radius 2 is 1.80 bits per heavy atom. The molecule has 6 heteroatoms. The molecule has 25 heavy (non-hydrogen) atoms. The summed E-state index contributed by atoms with van der Waals surface area (Å²) in [6.07, 6.45) is 9.90. The number of nitrogens with one attached hydrogen (secondary N) is 2. The molecule has 1 saturated carbocycles. The molecule has 3 amide bonds. The van der Waals surface area contributed by atoms with Crippen LogP contribution >= 0.6 is 0 Å². The largest absolute Gasteiger partial charge is 0.353 e. The van der Waals surface area contributed by atoms with Gasteiger partial charge >= 0.3 is 6.03 Å². The van der Waals surface area contributed by atoms with Crippen molar-refractivity contribution in [3.8, 4) is 0 Å². The number of amides is 3. The zero-order valence-electron chi connectivity index (χ0n) is 15.9. The summed E-state index contributed by atoms with van der Waals surface area (Å²) in [7, 11) is 0. The monoisotopic (exact) mass is 352 g/mol. The van der Waals surface area contributed by atoms with Crippen molar-refractivity contribution in [2.45, 2.75) is 70.8 Å². The molecule has 0 aromatic heterocycles. The second-order valence-corrected chi connectivity index (χ2v) is 7.37. The van der Waals surface area contributed by atoms with Gasteiger partial charge in [0.2, 0.25) is 5.91 Å². The predicted molar refractivity (Wildman–Crippen MR) is 101 cm³/mol. The fourth-order valence-corrected chi connectivity index (χ4v) is 3.84. The van der Waals surface area contributed by atoms with Gasteiger partial charge in [0, 0.05) is 32.1 Å². The summed E-state index contributed by atoms with van der Waals surface area (Å²) in [4.78, 5) is 28.5. The average molecular weight is 353 g/mol. The standard InChI is InChI=1S/C19H36N4O2/c1-2-23(16-8-15-22-13-6-7-14-22)19(25)20-12-11-18(24)21-17-9-4-3-5-10-17/h17H,2-16H2,1H3,(H,20,25)(H,21,24). The van der Waals surface area contributed by atoms with Crippen molar-refractivity contribution in [3.63, 3.8) is 0 Å². The molecular formula is C19H36N4O2. The Morgan fingerprint density at radius 1 is 1.08 bits per heavy atom. The Labute approximate surface area is 152 Å². The number of hydrogen-bond donors (Lipinski definition) is 2. The molecule has 0 unspecified atom stereocenters. The van der Waals surface area contributed by atoms with E-state index in [9.17, 15) is 9.59 Å². The fraction of sp³-hybridized carbons (Fsp3) is 0.895. The number of nitrogens with zero attached hydrogens (tertiary/aromatic N) is 2. The minimum absolute atomic E-state index is 0.0469. The third kappa shape index (κ3) is 7.63. The molecule has 1 heterocycles. The average Bonchev–Trinajstić information content (AvgIpc) is 3.13. The van der Waals surface area contributed by atoms with E-state index in [2.05, 4.69) is 15.5 Å². The van der Waals surface area contributed by atoms with E-state index in [1.165, 1.54) is 45.2 Å². The summed E-state index contributed by atoms with van der Waals surface area (Å²) in [5.74, 6) is 0.0595. The first kappa shape index (κ1) is 20.0. The maximum atomic E-state index is 12.2. The van der Waals surface area contributed by atoms with E-state index in [-0.39, 0.29) is 11.9 Å². The van der Waals surface area contributed by atoms with Crippen LogP contribution in [0.5, 0.6) is 0 Å². The Bertz CT molecular complexity index is 404. The molecule has 0 aromatic carbocycles. The fourth-order valence-electron chi connectivity index (χ4n) is 3.84. The zero-order chi connectivity index (χ0) is 17.9. The molecule has 0 radical (unpaired) electrons. The number of urea groups is 1. The van der Waals surface area contributed by atoms with Crippen LogP contribution in [0.2, 0.25) is 0 Å². The normalized spacial score (nSPS) is 18.9. The van der Waals surface area contributed by atoms with Crippen LogP contribution in [0, 0.1) is 0 Å². The van der Waals surface area contributed by atoms with E-state index in [0.717, 1.165) is 32.4 Å². The Hall–Kier alpha value is -1.30. The van der Waals surface area contributed by atoms with Gasteiger partial charge in [-0.3, -0.25) is 4.79 Å². The highest BCUT2D eigenvalue weighted by atomic mass is 16.2. The number of carbonyl (C=O) groups excluding carboxylic acids is 2. The summed E-state index contributed by atoms with van der Waals surface area (Å²) >= 11 is 0. The first-order chi connectivity index (χ1) is 12.2. The van der Waals surface area contributed by atoms with Crippen LogP contribution in [0.25, 0.3) is 0 Å². The van der Waals surface area contributed by atoms with Crippen LogP contribution in [-0.2, 0) is 4.79 Å². The van der Waals surface area contributed by atoms with Crippen molar-refractivity contribution >= 4 is 11.9 Å². The van der Waals surface area contributed by atoms with E-state index in [1.807, 2.05) is 11.8 Å². The van der Waals surface area contributed by atoms with Gasteiger partial charge in [-0.15, -0.1) is 0 Å². The van der Waals surface area contributed by atoms with Gasteiger partial charge in [0.15, 0.2) is 0 Å². The number of carbonyl (C=O) groups is 2. The Morgan fingerprint density at radius 3 is 2.48 bits per heavy atom. The lowest BCUT2D eigenvalue weighted by Crippen LogP contribution is -2.43. The second-order valence-electron chi connectivity index (χ2n) is 7.37. The molecule has 1 saturated heterocycles. The summed E-state index contributed by atoms with van der Waals surface area (Å²) in [5, 5.41) is 5.98. The van der Waals surface area contributed by atoms with Crippen LogP contribution in [0.1, 0.15) is 64.7 Å². The van der Waals surface area contributed by atoms with Crippen LogP contribution in [0.4, 0.5) is 4.79 Å². The number of rotatable bonds is 9. The van der Waals surface area contributed by atoms with Gasteiger partial charge in [0.25, 0.3) is 0 Å². The Balaban J connectivity index is 1.55. The van der Waals surface area contributed by atoms with E-state index in [4.69, 9.17) is 0 Å². The first-order valence-corrected chi connectivity index (χ1v) is 10.2. The van der Waals surface area contributed by atoms with Crippen LogP contribution < -0.4 is 10.6 Å². The third-order valence-corrected chi connectivity index (χ3v) is 5.37. The molecule has 2 aliphatic rings. The van der Waals surface area contributed by atoms with E-state index in [0.29, 0.717) is 25.6 Å². The van der Waals surface area contributed by atoms with Crippen molar-refractivity contribution in [1.82, 2.24) is 20.4 Å². The van der Waals surface area contributed by atoms with Crippen molar-refractivity contribution in [3.05, 3.63) is 0 Å². The van der Waals surface area contributed by atoms with Gasteiger partial charge < -0.3 is 20.4 Å². The smallest absolute Gasteiger partial charge is 0.317 e. The minimum Gasteiger partial charge on any atom is -0.353 e. The quantitative estimate of drug-likeness (QED) is 0.669.